The molecule has 13 heavy (non-hydrogen) atoms. The van der Waals surface area contributed by atoms with Crippen molar-refractivity contribution in [2.75, 3.05) is 19.6 Å². The molecule has 0 heterocycles. The van der Waals surface area contributed by atoms with Crippen molar-refractivity contribution in [2.24, 2.45) is 11.5 Å². The second-order valence-corrected chi connectivity index (χ2v) is 3.64. The molecule has 0 fully saturated rings. The number of nitrogens with zero attached hydrogens (tertiary/aromatic N) is 1. The first-order chi connectivity index (χ1) is 5.91. The van der Waals surface area contributed by atoms with Gasteiger partial charge in [0, 0.05) is 22.6 Å². The zero-order valence-corrected chi connectivity index (χ0v) is 8.98. The van der Waals surface area contributed by atoms with Gasteiger partial charge in [-0.05, 0) is 0 Å². The lowest BCUT2D eigenvalue weighted by atomic mass is 10.4. The fourth-order valence-electron chi connectivity index (χ4n) is 0.784. The molecule has 0 aliphatic heterocycles. The number of halogens is 1. The fourth-order valence-corrected chi connectivity index (χ4v) is 1.27. The van der Waals surface area contributed by atoms with E-state index in [4.69, 9.17) is 11.5 Å². The van der Waals surface area contributed by atoms with Crippen LogP contribution in [0.2, 0.25) is 0 Å². The largest absolute Gasteiger partial charge is 0.369 e. The topological polar surface area (TPSA) is 106 Å². The lowest BCUT2D eigenvalue weighted by Crippen LogP contribution is -2.41. The third-order valence-electron chi connectivity index (χ3n) is 1.11. The monoisotopic (exact) mass is 299 g/mol. The van der Waals surface area contributed by atoms with Gasteiger partial charge in [-0.1, -0.05) is 0 Å². The van der Waals surface area contributed by atoms with E-state index in [1.54, 1.807) is 22.6 Å². The van der Waals surface area contributed by atoms with Gasteiger partial charge in [0.1, 0.15) is 0 Å². The highest BCUT2D eigenvalue weighted by Crippen LogP contribution is 1.92. The second-order valence-electron chi connectivity index (χ2n) is 2.43. The predicted octanol–water partition coefficient (Wildman–Crippen LogP) is -1.78. The molecule has 74 valence electrons. The molecule has 0 saturated heterocycles. The molecule has 0 aromatic rings. The molecule has 0 spiro atoms. The van der Waals surface area contributed by atoms with Gasteiger partial charge in [-0.15, -0.1) is 0 Å². The summed E-state index contributed by atoms with van der Waals surface area (Å²) in [5.74, 6) is -1.20. The van der Waals surface area contributed by atoms with Crippen LogP contribution in [0.15, 0.2) is 0 Å². The van der Waals surface area contributed by atoms with Crippen molar-refractivity contribution in [3.8, 4) is 0 Å². The van der Waals surface area contributed by atoms with Gasteiger partial charge in [-0.3, -0.25) is 19.3 Å². The summed E-state index contributed by atoms with van der Waals surface area (Å²) in [7, 11) is 0. The highest BCUT2D eigenvalue weighted by molar-refractivity contribution is 14.1. The minimum absolute atomic E-state index is 0.00750. The quantitative estimate of drug-likeness (QED) is 0.446. The summed E-state index contributed by atoms with van der Waals surface area (Å²) in [6.45, 7) is -0.290. The first-order valence-electron chi connectivity index (χ1n) is 3.39. The molecule has 0 aromatic heterocycles. The molecule has 0 bridgehead atoms. The van der Waals surface area contributed by atoms with Crippen LogP contribution in [-0.4, -0.2) is 40.1 Å². The highest BCUT2D eigenvalue weighted by Gasteiger charge is 2.13. The molecule has 6 nitrogen and oxygen atoms in total. The van der Waals surface area contributed by atoms with Crippen LogP contribution in [0, 0.1) is 0 Å². The van der Waals surface area contributed by atoms with Gasteiger partial charge in [0.15, 0.2) is 0 Å². The number of primary amides is 2. The summed E-state index contributed by atoms with van der Waals surface area (Å²) in [5.41, 5.74) is 9.80. The summed E-state index contributed by atoms with van der Waals surface area (Å²) in [6, 6.07) is 0. The Bertz CT molecular complexity index is 193. The summed E-state index contributed by atoms with van der Waals surface area (Å²) in [6.07, 6.45) is 0. The van der Waals surface area contributed by atoms with Gasteiger partial charge in [0.25, 0.3) is 0 Å². The fraction of sp³-hybridized carbons (Fsp3) is 0.500. The van der Waals surface area contributed by atoms with E-state index in [-0.39, 0.29) is 23.4 Å². The Morgan fingerprint density at radius 1 is 1.00 bits per heavy atom. The van der Waals surface area contributed by atoms with E-state index in [2.05, 4.69) is 0 Å². The molecule has 7 heteroatoms. The van der Waals surface area contributed by atoms with Gasteiger partial charge < -0.3 is 11.5 Å². The molecule has 0 aliphatic rings. The number of amides is 2. The van der Waals surface area contributed by atoms with Gasteiger partial charge in [-0.2, -0.15) is 0 Å². The predicted molar refractivity (Wildman–Crippen MR) is 53.9 cm³/mol. The lowest BCUT2D eigenvalue weighted by Gasteiger charge is -2.15. The highest BCUT2D eigenvalue weighted by atomic mass is 127. The molecule has 0 saturated carbocycles. The van der Waals surface area contributed by atoms with Crippen LogP contribution < -0.4 is 11.5 Å². The second kappa shape index (κ2) is 5.86. The van der Waals surface area contributed by atoms with Crippen LogP contribution in [-0.2, 0) is 14.4 Å². The molecule has 0 atom stereocenters. The van der Waals surface area contributed by atoms with E-state index < -0.39 is 11.8 Å². The number of hydrogen-bond acceptors (Lipinski definition) is 4. The van der Waals surface area contributed by atoms with Crippen LogP contribution in [0.25, 0.3) is 0 Å². The van der Waals surface area contributed by atoms with E-state index in [0.29, 0.717) is 0 Å². The Kier molecular flexibility index (Phi) is 5.55. The third kappa shape index (κ3) is 7.65. The Labute approximate surface area is 88.7 Å². The van der Waals surface area contributed by atoms with Crippen LogP contribution in [0.5, 0.6) is 0 Å². The summed E-state index contributed by atoms with van der Waals surface area (Å²) in [5, 5.41) is 0. The third-order valence-corrected chi connectivity index (χ3v) is 1.45. The number of carbonyl (C=O) groups is 3. The summed E-state index contributed by atoms with van der Waals surface area (Å²) < 4.78 is -0.180. The first kappa shape index (κ1) is 12.3. The van der Waals surface area contributed by atoms with E-state index in [0.717, 1.165) is 0 Å². The smallest absolute Gasteiger partial charge is 0.231 e. The van der Waals surface area contributed by atoms with Crippen LogP contribution >= 0.6 is 22.6 Å². The molecule has 0 radical (unpaired) electrons. The molecule has 0 aliphatic carbocycles. The van der Waals surface area contributed by atoms with Gasteiger partial charge in [-0.25, -0.2) is 0 Å². The summed E-state index contributed by atoms with van der Waals surface area (Å²) >= 11 is 1.57. The average molecular weight is 299 g/mol. The maximum atomic E-state index is 10.7. The lowest BCUT2D eigenvalue weighted by molar-refractivity contribution is -0.122. The van der Waals surface area contributed by atoms with Gasteiger partial charge >= 0.3 is 0 Å². The maximum Gasteiger partial charge on any atom is 0.231 e. The van der Waals surface area contributed by atoms with Crippen molar-refractivity contribution in [1.82, 2.24) is 4.90 Å². The van der Waals surface area contributed by atoms with Crippen LogP contribution in [0.1, 0.15) is 0 Å². The van der Waals surface area contributed by atoms with Gasteiger partial charge in [0.2, 0.25) is 15.6 Å². The van der Waals surface area contributed by atoms with E-state index in [1.807, 2.05) is 0 Å². The Balaban J connectivity index is 4.10. The minimum atomic E-state index is -0.598. The Morgan fingerprint density at radius 3 is 1.62 bits per heavy atom. The zero-order chi connectivity index (χ0) is 10.4. The number of carbonyl (C=O) groups excluding carboxylic acids is 3. The summed E-state index contributed by atoms with van der Waals surface area (Å²) in [4.78, 5) is 32.9. The number of rotatable bonds is 6. The maximum absolute atomic E-state index is 10.7. The number of hydrogen-bond donors (Lipinski definition) is 2. The first-order valence-corrected chi connectivity index (χ1v) is 4.47. The SMILES string of the molecule is NC(=O)CN(CC(N)=O)CC(=O)I. The van der Waals surface area contributed by atoms with E-state index >= 15 is 0 Å². The van der Waals surface area contributed by atoms with E-state index in [9.17, 15) is 14.4 Å². The van der Waals surface area contributed by atoms with Gasteiger partial charge in [0.05, 0.1) is 19.6 Å². The Hall–Kier alpha value is -0.700. The van der Waals surface area contributed by atoms with Crippen molar-refractivity contribution >= 4 is 38.2 Å². The van der Waals surface area contributed by atoms with Crippen molar-refractivity contribution in [2.45, 2.75) is 0 Å². The average Bonchev–Trinajstić information content (AvgIpc) is 1.80. The standard InChI is InChI=1S/C6H10IN3O3/c7-4(11)1-10(2-5(8)12)3-6(9)13/h1-3H2,(H2,8,12)(H2,9,13). The molecular formula is C6H10IN3O3. The molecule has 4 N–H and O–H groups in total. The van der Waals surface area contributed by atoms with Crippen LogP contribution in [0.3, 0.4) is 0 Å². The molecule has 2 amide bonds. The molecular weight excluding hydrogens is 289 g/mol. The van der Waals surface area contributed by atoms with E-state index in [1.165, 1.54) is 4.90 Å². The molecule has 0 unspecified atom stereocenters. The molecule has 0 rings (SSSR count). The molecule has 0 aromatic carbocycles. The normalized spacial score (nSPS) is 10.0. The minimum Gasteiger partial charge on any atom is -0.369 e. The Morgan fingerprint density at radius 2 is 1.38 bits per heavy atom. The van der Waals surface area contributed by atoms with Crippen LogP contribution in [0.4, 0.5) is 0 Å². The van der Waals surface area contributed by atoms with Crippen molar-refractivity contribution in [1.29, 1.82) is 0 Å². The number of nitrogens with two attached hydrogens (primary N) is 2. The van der Waals surface area contributed by atoms with Crippen molar-refractivity contribution < 1.29 is 14.4 Å². The van der Waals surface area contributed by atoms with Crippen molar-refractivity contribution in [3.05, 3.63) is 0 Å². The zero-order valence-electron chi connectivity index (χ0n) is 6.83. The van der Waals surface area contributed by atoms with Crippen molar-refractivity contribution in [3.63, 3.8) is 0 Å².